The molecule has 25 heavy (non-hydrogen) atoms. The second-order valence-electron chi connectivity index (χ2n) is 5.77. The lowest BCUT2D eigenvalue weighted by Crippen LogP contribution is -2.04. The molecule has 0 aliphatic carbocycles. The minimum absolute atomic E-state index is 0.519. The van der Waals surface area contributed by atoms with Crippen LogP contribution in [-0.4, -0.2) is 15.7 Å². The molecule has 0 bridgehead atoms. The van der Waals surface area contributed by atoms with E-state index in [-0.39, 0.29) is 0 Å². The molecule has 0 fully saturated rings. The molecule has 3 nitrogen and oxygen atoms in total. The maximum Gasteiger partial charge on any atom is 0.0820 e. The van der Waals surface area contributed by atoms with E-state index in [9.17, 15) is 0 Å². The van der Waals surface area contributed by atoms with Gasteiger partial charge < -0.3 is 0 Å². The predicted octanol–water partition coefficient (Wildman–Crippen LogP) is 4.67. The van der Waals surface area contributed by atoms with Crippen LogP contribution in [0.5, 0.6) is 0 Å². The van der Waals surface area contributed by atoms with Crippen LogP contribution in [0.1, 0.15) is 16.8 Å². The molecule has 0 saturated heterocycles. The second-order valence-corrected chi connectivity index (χ2v) is 5.77. The summed E-state index contributed by atoms with van der Waals surface area (Å²) in [4.78, 5) is 13.8. The smallest absolute Gasteiger partial charge is 0.0820 e. The van der Waals surface area contributed by atoms with Crippen molar-refractivity contribution in [3.05, 3.63) is 108 Å². The molecule has 0 unspecified atom stereocenters. The lowest BCUT2D eigenvalue weighted by molar-refractivity contribution is 0.995. The molecular weight excluding hydrogens is 306 g/mol. The first-order valence-electron chi connectivity index (χ1n) is 8.25. The molecule has 2 aromatic carbocycles. The topological polar surface area (TPSA) is 38.1 Å². The summed E-state index contributed by atoms with van der Waals surface area (Å²) in [6.07, 6.45) is 3.66. The first-order chi connectivity index (χ1) is 12.4. The SMILES string of the molecule is c1ccc(C(=NCc2cc3ncccc3cn2)c2ccccc2)cc1. The minimum atomic E-state index is 0.519. The van der Waals surface area contributed by atoms with Crippen LogP contribution in [0.15, 0.2) is 96.2 Å². The van der Waals surface area contributed by atoms with Crippen molar-refractivity contribution in [2.24, 2.45) is 4.99 Å². The van der Waals surface area contributed by atoms with Crippen molar-refractivity contribution in [2.45, 2.75) is 6.54 Å². The number of hydrogen-bond acceptors (Lipinski definition) is 3. The van der Waals surface area contributed by atoms with Gasteiger partial charge in [-0.1, -0.05) is 60.7 Å². The van der Waals surface area contributed by atoms with E-state index in [2.05, 4.69) is 34.2 Å². The van der Waals surface area contributed by atoms with Gasteiger partial charge in [0.1, 0.15) is 0 Å². The summed E-state index contributed by atoms with van der Waals surface area (Å²) in [6.45, 7) is 0.519. The first kappa shape index (κ1) is 15.2. The molecule has 120 valence electrons. The van der Waals surface area contributed by atoms with Crippen LogP contribution in [0, 0.1) is 0 Å². The number of rotatable bonds is 4. The van der Waals surface area contributed by atoms with E-state index in [0.717, 1.165) is 33.4 Å². The Balaban J connectivity index is 1.71. The van der Waals surface area contributed by atoms with E-state index in [4.69, 9.17) is 4.99 Å². The van der Waals surface area contributed by atoms with Crippen molar-refractivity contribution in [1.29, 1.82) is 0 Å². The van der Waals surface area contributed by atoms with Crippen LogP contribution in [-0.2, 0) is 6.54 Å². The zero-order valence-corrected chi connectivity index (χ0v) is 13.7. The average molecular weight is 323 g/mol. The van der Waals surface area contributed by atoms with Gasteiger partial charge >= 0.3 is 0 Å². The summed E-state index contributed by atoms with van der Waals surface area (Å²) >= 11 is 0. The van der Waals surface area contributed by atoms with Crippen LogP contribution in [0.2, 0.25) is 0 Å². The van der Waals surface area contributed by atoms with Gasteiger partial charge in [-0.3, -0.25) is 15.0 Å². The zero-order chi connectivity index (χ0) is 16.9. The molecule has 0 N–H and O–H groups in total. The van der Waals surface area contributed by atoms with Gasteiger partial charge in [0.05, 0.1) is 23.5 Å². The fourth-order valence-electron chi connectivity index (χ4n) is 2.80. The fourth-order valence-corrected chi connectivity index (χ4v) is 2.80. The number of benzene rings is 2. The molecule has 0 amide bonds. The van der Waals surface area contributed by atoms with Crippen LogP contribution in [0.4, 0.5) is 0 Å². The van der Waals surface area contributed by atoms with Crippen molar-refractivity contribution in [2.75, 3.05) is 0 Å². The molecular formula is C22H17N3. The predicted molar refractivity (Wildman–Crippen MR) is 102 cm³/mol. The molecule has 0 aliphatic rings. The Morgan fingerprint density at radius 1 is 0.760 bits per heavy atom. The summed E-state index contributed by atoms with van der Waals surface area (Å²) in [5.41, 5.74) is 5.04. The third kappa shape index (κ3) is 3.45. The maximum absolute atomic E-state index is 4.87. The number of hydrogen-bond donors (Lipinski definition) is 0. The molecule has 4 aromatic rings. The maximum atomic E-state index is 4.87. The molecule has 4 rings (SSSR count). The highest BCUT2D eigenvalue weighted by Gasteiger charge is 2.06. The molecule has 0 spiro atoms. The van der Waals surface area contributed by atoms with Crippen LogP contribution < -0.4 is 0 Å². The van der Waals surface area contributed by atoms with E-state index in [0.29, 0.717) is 6.54 Å². The molecule has 0 aliphatic heterocycles. The van der Waals surface area contributed by atoms with Gasteiger partial charge in [-0.25, -0.2) is 0 Å². The third-order valence-corrected chi connectivity index (χ3v) is 4.04. The van der Waals surface area contributed by atoms with E-state index in [1.165, 1.54) is 0 Å². The molecule has 0 saturated carbocycles. The minimum Gasteiger partial charge on any atom is -0.278 e. The highest BCUT2D eigenvalue weighted by Crippen LogP contribution is 2.14. The summed E-state index contributed by atoms with van der Waals surface area (Å²) < 4.78 is 0. The van der Waals surface area contributed by atoms with Crippen LogP contribution in [0.3, 0.4) is 0 Å². The van der Waals surface area contributed by atoms with Gasteiger partial charge in [0.15, 0.2) is 0 Å². The van der Waals surface area contributed by atoms with Crippen molar-refractivity contribution in [3.8, 4) is 0 Å². The molecule has 3 heteroatoms. The highest BCUT2D eigenvalue weighted by molar-refractivity contribution is 6.12. The van der Waals surface area contributed by atoms with Crippen molar-refractivity contribution in [3.63, 3.8) is 0 Å². The number of aliphatic imine (C=N–C) groups is 1. The van der Waals surface area contributed by atoms with Gasteiger partial charge in [-0.2, -0.15) is 0 Å². The third-order valence-electron chi connectivity index (χ3n) is 4.04. The Hall–Kier alpha value is -3.33. The summed E-state index contributed by atoms with van der Waals surface area (Å²) in [5.74, 6) is 0. The monoisotopic (exact) mass is 323 g/mol. The number of aromatic nitrogens is 2. The Morgan fingerprint density at radius 3 is 2.12 bits per heavy atom. The highest BCUT2D eigenvalue weighted by atomic mass is 14.8. The Bertz CT molecular complexity index is 967. The van der Waals surface area contributed by atoms with E-state index in [1.54, 1.807) is 6.20 Å². The quantitative estimate of drug-likeness (QED) is 0.512. The fraction of sp³-hybridized carbons (Fsp3) is 0.0455. The molecule has 2 aromatic heterocycles. The summed E-state index contributed by atoms with van der Waals surface area (Å²) in [5, 5.41) is 1.04. The van der Waals surface area contributed by atoms with Crippen molar-refractivity contribution < 1.29 is 0 Å². The van der Waals surface area contributed by atoms with Crippen LogP contribution in [0.25, 0.3) is 10.9 Å². The van der Waals surface area contributed by atoms with E-state index < -0.39 is 0 Å². The van der Waals surface area contributed by atoms with Crippen molar-refractivity contribution in [1.82, 2.24) is 9.97 Å². The Morgan fingerprint density at radius 2 is 1.44 bits per heavy atom. The van der Waals surface area contributed by atoms with Gasteiger partial charge in [0.25, 0.3) is 0 Å². The zero-order valence-electron chi connectivity index (χ0n) is 13.7. The lowest BCUT2D eigenvalue weighted by Gasteiger charge is -2.08. The standard InChI is InChI=1S/C22H17N3/c1-3-8-17(9-4-1)22(18-10-5-2-6-11-18)25-16-20-14-21-19(15-24-20)12-7-13-23-21/h1-15H,16H2. The molecule has 0 radical (unpaired) electrons. The second kappa shape index (κ2) is 7.05. The summed E-state index contributed by atoms with van der Waals surface area (Å²) in [6, 6.07) is 26.4. The molecule has 0 atom stereocenters. The lowest BCUT2D eigenvalue weighted by atomic mass is 10.0. The van der Waals surface area contributed by atoms with E-state index >= 15 is 0 Å². The Kier molecular flexibility index (Phi) is 4.29. The number of nitrogens with zero attached hydrogens (tertiary/aromatic N) is 3. The van der Waals surface area contributed by atoms with Gasteiger partial charge in [-0.05, 0) is 18.2 Å². The Labute approximate surface area is 146 Å². The number of pyridine rings is 2. The van der Waals surface area contributed by atoms with Gasteiger partial charge in [0, 0.05) is 28.9 Å². The van der Waals surface area contributed by atoms with Crippen LogP contribution >= 0.6 is 0 Å². The van der Waals surface area contributed by atoms with Gasteiger partial charge in [-0.15, -0.1) is 0 Å². The largest absolute Gasteiger partial charge is 0.278 e. The first-order valence-corrected chi connectivity index (χ1v) is 8.25. The van der Waals surface area contributed by atoms with Crippen molar-refractivity contribution >= 4 is 16.6 Å². The number of fused-ring (bicyclic) bond motifs is 1. The van der Waals surface area contributed by atoms with E-state index in [1.807, 2.05) is 60.8 Å². The summed E-state index contributed by atoms with van der Waals surface area (Å²) in [7, 11) is 0. The average Bonchev–Trinajstić information content (AvgIpc) is 2.70. The van der Waals surface area contributed by atoms with Gasteiger partial charge in [0.2, 0.25) is 0 Å². The molecule has 2 heterocycles. The normalized spacial score (nSPS) is 10.6.